The molecule has 3 rings (SSSR count). The van der Waals surface area contributed by atoms with E-state index in [1.807, 2.05) is 36.4 Å². The Labute approximate surface area is 110 Å². The minimum absolute atomic E-state index is 0.0905. The molecule has 0 saturated heterocycles. The number of rotatable bonds is 0. The van der Waals surface area contributed by atoms with Crippen molar-refractivity contribution >= 4 is 21.5 Å². The van der Waals surface area contributed by atoms with Crippen LogP contribution in [0.2, 0.25) is 0 Å². The molecular weight excluding hydrogens is 241 g/mol. The average molecular weight is 253 g/mol. The van der Waals surface area contributed by atoms with Crippen molar-refractivity contribution in [2.75, 3.05) is 7.11 Å². The lowest BCUT2D eigenvalue weighted by Gasteiger charge is -2.04. The third-order valence-corrected chi connectivity index (χ3v) is 2.94. The number of halogens is 1. The Balaban J connectivity index is 0.000000637. The fourth-order valence-electron chi connectivity index (χ4n) is 2.06. The van der Waals surface area contributed by atoms with Gasteiger partial charge in [0.2, 0.25) is 0 Å². The van der Waals surface area contributed by atoms with Gasteiger partial charge in [0, 0.05) is 12.5 Å². The summed E-state index contributed by atoms with van der Waals surface area (Å²) in [6.07, 6.45) is 0. The van der Waals surface area contributed by atoms with Crippen LogP contribution in [0.4, 0.5) is 4.39 Å². The first-order valence-corrected chi connectivity index (χ1v) is 5.75. The number of benzene rings is 3. The van der Waals surface area contributed by atoms with Crippen molar-refractivity contribution in [2.45, 2.75) is 0 Å². The first kappa shape index (κ1) is 13.0. The summed E-state index contributed by atoms with van der Waals surface area (Å²) >= 11 is 0. The molecule has 0 amide bonds. The second-order valence-corrected chi connectivity index (χ2v) is 3.96. The Bertz CT molecular complexity index is 775. The predicted octanol–water partition coefficient (Wildman–Crippen LogP) is 3.61. The van der Waals surface area contributed by atoms with Crippen LogP contribution in [0.15, 0.2) is 48.5 Å². The first-order chi connectivity index (χ1) is 9.29. The molecule has 0 bridgehead atoms. The maximum Gasteiger partial charge on any atom is 0.148 e. The van der Waals surface area contributed by atoms with Crippen LogP contribution < -0.4 is 0 Å². The van der Waals surface area contributed by atoms with E-state index >= 15 is 0 Å². The summed E-state index contributed by atoms with van der Waals surface area (Å²) in [5.74, 6) is -0.434. The molecule has 0 fully saturated rings. The molecule has 0 aliphatic rings. The zero-order valence-corrected chi connectivity index (χ0v) is 10.4. The number of nitriles is 1. The Morgan fingerprint density at radius 2 is 1.58 bits per heavy atom. The number of fused-ring (bicyclic) bond motifs is 2. The van der Waals surface area contributed by atoms with Gasteiger partial charge in [-0.2, -0.15) is 5.26 Å². The Morgan fingerprint density at radius 3 is 2.21 bits per heavy atom. The summed E-state index contributed by atoms with van der Waals surface area (Å²) in [6, 6.07) is 16.7. The zero-order chi connectivity index (χ0) is 13.8. The minimum atomic E-state index is -0.434. The second-order valence-electron chi connectivity index (χ2n) is 3.96. The lowest BCUT2D eigenvalue weighted by molar-refractivity contribution is 0.399. The van der Waals surface area contributed by atoms with Crippen LogP contribution in [0, 0.1) is 17.1 Å². The SMILES string of the molecule is CO.N#Cc1ccc2cc3ccccc3cc2c1F. The maximum atomic E-state index is 14.0. The van der Waals surface area contributed by atoms with E-state index in [0.29, 0.717) is 5.39 Å². The van der Waals surface area contributed by atoms with Crippen LogP contribution in [-0.2, 0) is 0 Å². The molecule has 0 spiro atoms. The van der Waals surface area contributed by atoms with Gasteiger partial charge in [-0.15, -0.1) is 0 Å². The van der Waals surface area contributed by atoms with Crippen LogP contribution in [0.5, 0.6) is 0 Å². The summed E-state index contributed by atoms with van der Waals surface area (Å²) in [5.41, 5.74) is 0.0905. The van der Waals surface area contributed by atoms with Crippen molar-refractivity contribution in [3.05, 3.63) is 59.9 Å². The predicted molar refractivity (Wildman–Crippen MR) is 74.3 cm³/mol. The van der Waals surface area contributed by atoms with E-state index < -0.39 is 5.82 Å². The topological polar surface area (TPSA) is 44.0 Å². The Hall–Kier alpha value is -2.44. The van der Waals surface area contributed by atoms with Gasteiger partial charge in [-0.1, -0.05) is 30.3 Å². The molecule has 0 aliphatic heterocycles. The fourth-order valence-corrected chi connectivity index (χ4v) is 2.06. The van der Waals surface area contributed by atoms with Gasteiger partial charge in [0.15, 0.2) is 0 Å². The van der Waals surface area contributed by atoms with Gasteiger partial charge >= 0.3 is 0 Å². The molecule has 0 atom stereocenters. The fraction of sp³-hybridized carbons (Fsp3) is 0.0625. The molecular formula is C16H12FNO. The molecule has 0 heterocycles. The smallest absolute Gasteiger partial charge is 0.148 e. The highest BCUT2D eigenvalue weighted by Crippen LogP contribution is 2.26. The van der Waals surface area contributed by atoms with Crippen molar-refractivity contribution < 1.29 is 9.50 Å². The maximum absolute atomic E-state index is 14.0. The number of aliphatic hydroxyl groups is 1. The van der Waals surface area contributed by atoms with Crippen LogP contribution >= 0.6 is 0 Å². The monoisotopic (exact) mass is 253 g/mol. The molecule has 0 aliphatic carbocycles. The largest absolute Gasteiger partial charge is 0.400 e. The highest BCUT2D eigenvalue weighted by Gasteiger charge is 2.07. The lowest BCUT2D eigenvalue weighted by Crippen LogP contribution is -1.86. The molecule has 19 heavy (non-hydrogen) atoms. The van der Waals surface area contributed by atoms with E-state index in [2.05, 4.69) is 0 Å². The summed E-state index contributed by atoms with van der Waals surface area (Å²) in [7, 11) is 1.00. The first-order valence-electron chi connectivity index (χ1n) is 5.75. The number of aliphatic hydroxyl groups excluding tert-OH is 1. The van der Waals surface area contributed by atoms with E-state index in [9.17, 15) is 4.39 Å². The van der Waals surface area contributed by atoms with Crippen molar-refractivity contribution in [3.63, 3.8) is 0 Å². The van der Waals surface area contributed by atoms with Crippen molar-refractivity contribution in [2.24, 2.45) is 0 Å². The van der Waals surface area contributed by atoms with E-state index in [1.165, 1.54) is 6.07 Å². The summed E-state index contributed by atoms with van der Waals surface area (Å²) in [4.78, 5) is 0. The molecule has 3 heteroatoms. The number of nitrogens with zero attached hydrogens (tertiary/aromatic N) is 1. The zero-order valence-electron chi connectivity index (χ0n) is 10.4. The summed E-state index contributed by atoms with van der Waals surface area (Å²) in [5, 5.41) is 19.2. The van der Waals surface area contributed by atoms with Crippen molar-refractivity contribution in [3.8, 4) is 6.07 Å². The van der Waals surface area contributed by atoms with Crippen LogP contribution in [-0.4, -0.2) is 12.2 Å². The molecule has 2 nitrogen and oxygen atoms in total. The standard InChI is InChI=1S/C15H8FN.CH4O/c16-15-13(9-17)6-5-12-7-10-3-1-2-4-11(10)8-14(12)15;1-2/h1-8H;2H,1H3. The highest BCUT2D eigenvalue weighted by atomic mass is 19.1. The minimum Gasteiger partial charge on any atom is -0.400 e. The van der Waals surface area contributed by atoms with Gasteiger partial charge in [-0.3, -0.25) is 0 Å². The third kappa shape index (κ3) is 2.26. The molecule has 0 saturated carbocycles. The quantitative estimate of drug-likeness (QED) is 0.622. The van der Waals surface area contributed by atoms with Crippen LogP contribution in [0.1, 0.15) is 5.56 Å². The van der Waals surface area contributed by atoms with E-state index in [4.69, 9.17) is 10.4 Å². The number of hydrogen-bond donors (Lipinski definition) is 1. The van der Waals surface area contributed by atoms with Crippen LogP contribution in [0.25, 0.3) is 21.5 Å². The number of hydrogen-bond acceptors (Lipinski definition) is 2. The van der Waals surface area contributed by atoms with Crippen LogP contribution in [0.3, 0.4) is 0 Å². The van der Waals surface area contributed by atoms with Gasteiger partial charge < -0.3 is 5.11 Å². The van der Waals surface area contributed by atoms with Crippen molar-refractivity contribution in [1.82, 2.24) is 0 Å². The van der Waals surface area contributed by atoms with Gasteiger partial charge in [-0.05, 0) is 34.4 Å². The lowest BCUT2D eigenvalue weighted by atomic mass is 10.0. The molecule has 94 valence electrons. The van der Waals surface area contributed by atoms with Gasteiger partial charge in [0.05, 0.1) is 5.56 Å². The highest BCUT2D eigenvalue weighted by molar-refractivity contribution is 5.98. The summed E-state index contributed by atoms with van der Waals surface area (Å²) in [6.45, 7) is 0. The van der Waals surface area contributed by atoms with E-state index in [1.54, 1.807) is 12.1 Å². The molecule has 0 unspecified atom stereocenters. The molecule has 0 radical (unpaired) electrons. The normalized spacial score (nSPS) is 9.79. The molecule has 3 aromatic carbocycles. The Morgan fingerprint density at radius 1 is 0.947 bits per heavy atom. The molecule has 0 aromatic heterocycles. The molecule has 3 aromatic rings. The van der Waals surface area contributed by atoms with Gasteiger partial charge in [0.1, 0.15) is 11.9 Å². The van der Waals surface area contributed by atoms with Crippen molar-refractivity contribution in [1.29, 1.82) is 5.26 Å². The summed E-state index contributed by atoms with van der Waals surface area (Å²) < 4.78 is 14.0. The molecule has 1 N–H and O–H groups in total. The third-order valence-electron chi connectivity index (χ3n) is 2.94. The van der Waals surface area contributed by atoms with E-state index in [-0.39, 0.29) is 5.56 Å². The van der Waals surface area contributed by atoms with Gasteiger partial charge in [0.25, 0.3) is 0 Å². The van der Waals surface area contributed by atoms with E-state index in [0.717, 1.165) is 23.3 Å². The van der Waals surface area contributed by atoms with Gasteiger partial charge in [-0.25, -0.2) is 4.39 Å². The second kappa shape index (κ2) is 5.47. The average Bonchev–Trinajstić information content (AvgIpc) is 2.48. The Kier molecular flexibility index (Phi) is 3.74.